The number of nitrogens with one attached hydrogen (secondary N) is 3. The number of Topliss-reactive ketones (excluding diaryl/α,β-unsaturated/α-hetero) is 1. The maximum atomic E-state index is 13.2. The van der Waals surface area contributed by atoms with Gasteiger partial charge in [0.05, 0.1) is 23.1 Å². The average molecular weight is 446 g/mol. The van der Waals surface area contributed by atoms with Crippen LogP contribution in [0.25, 0.3) is 11.0 Å². The van der Waals surface area contributed by atoms with Crippen molar-refractivity contribution in [2.24, 2.45) is 5.41 Å². The summed E-state index contributed by atoms with van der Waals surface area (Å²) in [6.07, 6.45) is 3.11. The Balaban J connectivity index is 1.36. The molecule has 3 N–H and O–H groups in total. The van der Waals surface area contributed by atoms with Gasteiger partial charge in [-0.2, -0.15) is 5.10 Å². The second kappa shape index (κ2) is 6.87. The van der Waals surface area contributed by atoms with Gasteiger partial charge in [0.25, 0.3) is 0 Å². The van der Waals surface area contributed by atoms with E-state index in [0.29, 0.717) is 6.42 Å². The van der Waals surface area contributed by atoms with Crippen LogP contribution in [0.5, 0.6) is 0 Å². The second-order valence-electron chi connectivity index (χ2n) is 9.41. The highest BCUT2D eigenvalue weighted by atomic mass is 32.2. The molecular formula is C24H23N5O2S. The van der Waals surface area contributed by atoms with Crippen LogP contribution in [0.2, 0.25) is 0 Å². The van der Waals surface area contributed by atoms with Crippen LogP contribution in [0.3, 0.4) is 0 Å². The summed E-state index contributed by atoms with van der Waals surface area (Å²) >= 11 is 1.44. The highest BCUT2D eigenvalue weighted by Gasteiger charge is 2.42. The fraction of sp³-hybridized carbons (Fsp3) is 0.292. The third kappa shape index (κ3) is 3.17. The van der Waals surface area contributed by atoms with Gasteiger partial charge < -0.3 is 14.7 Å². The number of furan rings is 1. The lowest BCUT2D eigenvalue weighted by Crippen LogP contribution is -2.33. The number of H-pyrrole nitrogens is 2. The maximum Gasteiger partial charge on any atom is 0.174 e. The third-order valence-electron chi connectivity index (χ3n) is 6.16. The van der Waals surface area contributed by atoms with Gasteiger partial charge in [0.15, 0.2) is 16.0 Å². The molecule has 0 fully saturated rings. The number of nitrogens with zero attached hydrogens (tertiary/aromatic N) is 2. The first-order valence-electron chi connectivity index (χ1n) is 10.7. The summed E-state index contributed by atoms with van der Waals surface area (Å²) in [5, 5.41) is 12.2. The standard InChI is InChI=1S/C24H23N5O2S/c1-12-4-5-14-15(8-12)28-23(27-14)32-19-7-6-18(31-19)20-13-11-25-29-22(13)26-16-9-24(2,3)10-17(30)21(16)20/h4-8,11,20H,9-10H2,1-3H3,(H,27,28)(H2,25,26,29). The van der Waals surface area contributed by atoms with Gasteiger partial charge in [-0.05, 0) is 60.4 Å². The first-order valence-corrected chi connectivity index (χ1v) is 11.5. The van der Waals surface area contributed by atoms with Crippen molar-refractivity contribution in [2.45, 2.75) is 49.8 Å². The Hall–Kier alpha value is -3.26. The molecule has 0 radical (unpaired) electrons. The van der Waals surface area contributed by atoms with Gasteiger partial charge in [0.1, 0.15) is 11.6 Å². The minimum absolute atomic E-state index is 0.0746. The summed E-state index contributed by atoms with van der Waals surface area (Å²) < 4.78 is 6.27. The molecule has 0 saturated carbocycles. The smallest absolute Gasteiger partial charge is 0.174 e. The summed E-state index contributed by atoms with van der Waals surface area (Å²) in [7, 11) is 0. The number of rotatable bonds is 3. The summed E-state index contributed by atoms with van der Waals surface area (Å²) in [5.41, 5.74) is 5.73. The van der Waals surface area contributed by atoms with E-state index in [1.807, 2.05) is 18.2 Å². The Labute approximate surface area is 189 Å². The molecule has 1 aliphatic heterocycles. The number of aromatic nitrogens is 4. The number of benzene rings is 1. The van der Waals surface area contributed by atoms with E-state index in [-0.39, 0.29) is 17.1 Å². The van der Waals surface area contributed by atoms with Gasteiger partial charge >= 0.3 is 0 Å². The van der Waals surface area contributed by atoms with Gasteiger partial charge in [-0.1, -0.05) is 19.9 Å². The first-order chi connectivity index (χ1) is 15.4. The molecule has 2 aliphatic rings. The van der Waals surface area contributed by atoms with Crippen LogP contribution in [0.15, 0.2) is 62.5 Å². The number of carbonyl (C=O) groups is 1. The number of allylic oxidation sites excluding steroid dienone is 2. The van der Waals surface area contributed by atoms with Gasteiger partial charge in [0, 0.05) is 23.3 Å². The zero-order valence-electron chi connectivity index (χ0n) is 18.1. The number of anilines is 1. The number of ketones is 1. The fourth-order valence-corrected chi connectivity index (χ4v) is 5.56. The minimum atomic E-state index is -0.267. The highest BCUT2D eigenvalue weighted by Crippen LogP contribution is 2.49. The van der Waals surface area contributed by atoms with Crippen molar-refractivity contribution < 1.29 is 9.21 Å². The quantitative estimate of drug-likeness (QED) is 0.383. The normalized spacial score (nSPS) is 19.7. The van der Waals surface area contributed by atoms with Crippen molar-refractivity contribution >= 4 is 34.4 Å². The molecular weight excluding hydrogens is 422 g/mol. The lowest BCUT2D eigenvalue weighted by molar-refractivity contribution is -0.118. The lowest BCUT2D eigenvalue weighted by atomic mass is 9.70. The maximum absolute atomic E-state index is 13.2. The molecule has 4 heterocycles. The zero-order chi connectivity index (χ0) is 22.0. The average Bonchev–Trinajstić information content (AvgIpc) is 3.44. The molecule has 1 unspecified atom stereocenters. The SMILES string of the molecule is Cc1ccc2nc(Sc3ccc(C4C5=C(CC(C)(C)CC5=O)Nc5[nH]ncc54)o3)[nH]c2c1. The molecule has 162 valence electrons. The number of aromatic amines is 2. The fourth-order valence-electron chi connectivity index (χ4n) is 4.79. The van der Waals surface area contributed by atoms with Crippen LogP contribution in [-0.4, -0.2) is 25.9 Å². The molecule has 0 amide bonds. The van der Waals surface area contributed by atoms with Crippen LogP contribution < -0.4 is 5.32 Å². The number of fused-ring (bicyclic) bond motifs is 2. The molecule has 4 aromatic rings. The van der Waals surface area contributed by atoms with Crippen molar-refractivity contribution in [3.05, 3.63) is 64.7 Å². The molecule has 0 spiro atoms. The van der Waals surface area contributed by atoms with E-state index in [1.165, 1.54) is 17.3 Å². The molecule has 3 aromatic heterocycles. The molecule has 7 nitrogen and oxygen atoms in total. The summed E-state index contributed by atoms with van der Waals surface area (Å²) in [6.45, 7) is 6.32. The van der Waals surface area contributed by atoms with E-state index in [4.69, 9.17) is 4.42 Å². The van der Waals surface area contributed by atoms with Crippen LogP contribution in [-0.2, 0) is 4.79 Å². The third-order valence-corrected chi connectivity index (χ3v) is 6.97. The van der Waals surface area contributed by atoms with Crippen LogP contribution in [0.4, 0.5) is 5.82 Å². The molecule has 1 aliphatic carbocycles. The van der Waals surface area contributed by atoms with Crippen molar-refractivity contribution in [3.8, 4) is 0 Å². The van der Waals surface area contributed by atoms with Crippen LogP contribution in [0.1, 0.15) is 49.5 Å². The zero-order valence-corrected chi connectivity index (χ0v) is 18.9. The Morgan fingerprint density at radius 2 is 2.06 bits per heavy atom. The molecule has 0 saturated heterocycles. The van der Waals surface area contributed by atoms with E-state index in [9.17, 15) is 4.79 Å². The highest BCUT2D eigenvalue weighted by molar-refractivity contribution is 7.99. The van der Waals surface area contributed by atoms with Gasteiger partial charge in [-0.3, -0.25) is 9.89 Å². The molecule has 8 heteroatoms. The molecule has 6 rings (SSSR count). The minimum Gasteiger partial charge on any atom is -0.453 e. The van der Waals surface area contributed by atoms with E-state index < -0.39 is 0 Å². The van der Waals surface area contributed by atoms with Gasteiger partial charge in [-0.15, -0.1) is 0 Å². The van der Waals surface area contributed by atoms with Gasteiger partial charge in [-0.25, -0.2) is 4.98 Å². The topological polar surface area (TPSA) is 99.6 Å². The van der Waals surface area contributed by atoms with E-state index in [1.54, 1.807) is 6.20 Å². The number of carbonyl (C=O) groups excluding carboxylic acids is 1. The summed E-state index contributed by atoms with van der Waals surface area (Å²) in [5.74, 6) is 1.47. The predicted molar refractivity (Wildman–Crippen MR) is 123 cm³/mol. The summed E-state index contributed by atoms with van der Waals surface area (Å²) in [6, 6.07) is 10.0. The van der Waals surface area contributed by atoms with Crippen LogP contribution in [0, 0.1) is 12.3 Å². The lowest BCUT2D eigenvalue weighted by Gasteiger charge is -2.37. The Bertz CT molecular complexity index is 1410. The summed E-state index contributed by atoms with van der Waals surface area (Å²) in [4.78, 5) is 21.2. The largest absolute Gasteiger partial charge is 0.453 e. The predicted octanol–water partition coefficient (Wildman–Crippen LogP) is 5.54. The van der Waals surface area contributed by atoms with E-state index in [2.05, 4.69) is 58.4 Å². The Morgan fingerprint density at radius 3 is 2.94 bits per heavy atom. The van der Waals surface area contributed by atoms with Gasteiger partial charge in [0.2, 0.25) is 0 Å². The molecule has 0 bridgehead atoms. The molecule has 1 aromatic carbocycles. The van der Waals surface area contributed by atoms with Crippen molar-refractivity contribution in [2.75, 3.05) is 5.32 Å². The van der Waals surface area contributed by atoms with Crippen molar-refractivity contribution in [1.82, 2.24) is 20.2 Å². The molecule has 32 heavy (non-hydrogen) atoms. The van der Waals surface area contributed by atoms with Crippen molar-refractivity contribution in [1.29, 1.82) is 0 Å². The van der Waals surface area contributed by atoms with Crippen molar-refractivity contribution in [3.63, 3.8) is 0 Å². The monoisotopic (exact) mass is 445 g/mol. The van der Waals surface area contributed by atoms with E-state index >= 15 is 0 Å². The Kier molecular flexibility index (Phi) is 4.17. The Morgan fingerprint density at radius 1 is 1.19 bits per heavy atom. The number of imidazole rings is 1. The number of hydrogen-bond acceptors (Lipinski definition) is 6. The first kappa shape index (κ1) is 19.4. The number of hydrogen-bond donors (Lipinski definition) is 3. The van der Waals surface area contributed by atoms with E-state index in [0.717, 1.165) is 56.1 Å². The second-order valence-corrected chi connectivity index (χ2v) is 10.4. The number of aryl methyl sites for hydroxylation is 1. The molecule has 1 atom stereocenters. The van der Waals surface area contributed by atoms with Crippen LogP contribution >= 0.6 is 11.8 Å².